The number of likely N-dealkylation sites (tertiary alicyclic amines) is 2. The minimum atomic E-state index is 0. The van der Waals surface area contributed by atoms with E-state index in [0.29, 0.717) is 0 Å². The van der Waals surface area contributed by atoms with E-state index in [1.807, 2.05) is 7.05 Å². The monoisotopic (exact) mass is 448 g/mol. The first-order valence-electron chi connectivity index (χ1n) is 10.0. The minimum Gasteiger partial charge on any atom is -0.356 e. The standard InChI is InChI=1S/C19H36N4.HI/c1-20-19(23-15-17-9-4-5-10-18(17)16-23)21-11-8-14-22-12-6-2-3-7-13-22;/h17-18H,2-16H2,1H3,(H,20,21);1H. The summed E-state index contributed by atoms with van der Waals surface area (Å²) in [6.45, 7) is 7.39. The van der Waals surface area contributed by atoms with E-state index < -0.39 is 0 Å². The van der Waals surface area contributed by atoms with Gasteiger partial charge < -0.3 is 15.1 Å². The third-order valence-electron chi connectivity index (χ3n) is 6.12. The molecule has 1 N–H and O–H groups in total. The SMILES string of the molecule is CN=C(NCCCN1CCCCCC1)N1CC2CCCCC2C1.I. The van der Waals surface area contributed by atoms with Crippen LogP contribution in [0, 0.1) is 11.8 Å². The molecule has 2 atom stereocenters. The Morgan fingerprint density at radius 1 is 0.958 bits per heavy atom. The quantitative estimate of drug-likeness (QED) is 0.309. The summed E-state index contributed by atoms with van der Waals surface area (Å²) in [7, 11) is 1.94. The molecule has 3 fully saturated rings. The van der Waals surface area contributed by atoms with Gasteiger partial charge in [0.05, 0.1) is 0 Å². The van der Waals surface area contributed by atoms with Crippen molar-refractivity contribution in [2.45, 2.75) is 57.8 Å². The average Bonchev–Trinajstić information content (AvgIpc) is 2.83. The van der Waals surface area contributed by atoms with E-state index in [1.54, 1.807) is 0 Å². The zero-order valence-corrected chi connectivity index (χ0v) is 17.8. The van der Waals surface area contributed by atoms with Crippen molar-refractivity contribution in [2.24, 2.45) is 16.8 Å². The van der Waals surface area contributed by atoms with Crippen LogP contribution in [-0.2, 0) is 0 Å². The summed E-state index contributed by atoms with van der Waals surface area (Å²) >= 11 is 0. The number of hydrogen-bond donors (Lipinski definition) is 1. The van der Waals surface area contributed by atoms with Crippen LogP contribution in [0.15, 0.2) is 4.99 Å². The van der Waals surface area contributed by atoms with Crippen molar-refractivity contribution >= 4 is 29.9 Å². The summed E-state index contributed by atoms with van der Waals surface area (Å²) < 4.78 is 0. The Hall–Kier alpha value is -0.0400. The molecule has 0 amide bonds. The summed E-state index contributed by atoms with van der Waals surface area (Å²) in [5.74, 6) is 3.01. The van der Waals surface area contributed by atoms with Crippen LogP contribution in [0.4, 0.5) is 0 Å². The van der Waals surface area contributed by atoms with Crippen molar-refractivity contribution in [1.29, 1.82) is 0 Å². The fourth-order valence-corrected chi connectivity index (χ4v) is 4.77. The van der Waals surface area contributed by atoms with E-state index in [1.165, 1.54) is 90.5 Å². The number of halogens is 1. The molecular weight excluding hydrogens is 411 g/mol. The molecule has 140 valence electrons. The molecule has 5 heteroatoms. The number of fused-ring (bicyclic) bond motifs is 1. The molecule has 0 aromatic carbocycles. The number of hydrogen-bond acceptors (Lipinski definition) is 2. The Kier molecular flexibility index (Phi) is 9.16. The first kappa shape index (κ1) is 20.3. The lowest BCUT2D eigenvalue weighted by Gasteiger charge is -2.23. The van der Waals surface area contributed by atoms with Gasteiger partial charge in [-0.15, -0.1) is 24.0 Å². The first-order chi connectivity index (χ1) is 11.4. The molecular formula is C19H37IN4. The number of nitrogens with one attached hydrogen (secondary N) is 1. The predicted molar refractivity (Wildman–Crippen MR) is 113 cm³/mol. The third kappa shape index (κ3) is 5.75. The van der Waals surface area contributed by atoms with Crippen LogP contribution in [-0.4, -0.2) is 62.1 Å². The van der Waals surface area contributed by atoms with Crippen molar-refractivity contribution in [3.63, 3.8) is 0 Å². The maximum absolute atomic E-state index is 4.55. The Morgan fingerprint density at radius 3 is 2.17 bits per heavy atom. The summed E-state index contributed by atoms with van der Waals surface area (Å²) in [5.41, 5.74) is 0. The lowest BCUT2D eigenvalue weighted by atomic mass is 9.82. The van der Waals surface area contributed by atoms with Crippen LogP contribution >= 0.6 is 24.0 Å². The van der Waals surface area contributed by atoms with Crippen LogP contribution in [0.5, 0.6) is 0 Å². The maximum atomic E-state index is 4.55. The molecule has 0 aromatic rings. The van der Waals surface area contributed by atoms with Crippen LogP contribution in [0.3, 0.4) is 0 Å². The number of guanidine groups is 1. The topological polar surface area (TPSA) is 30.9 Å². The largest absolute Gasteiger partial charge is 0.356 e. The molecule has 3 rings (SSSR count). The highest BCUT2D eigenvalue weighted by Crippen LogP contribution is 2.35. The molecule has 0 radical (unpaired) electrons. The number of aliphatic imine (C=N–C) groups is 1. The van der Waals surface area contributed by atoms with E-state index in [-0.39, 0.29) is 24.0 Å². The van der Waals surface area contributed by atoms with Crippen molar-refractivity contribution in [1.82, 2.24) is 15.1 Å². The molecule has 1 saturated carbocycles. The van der Waals surface area contributed by atoms with Gasteiger partial charge >= 0.3 is 0 Å². The summed E-state index contributed by atoms with van der Waals surface area (Å²) in [4.78, 5) is 9.72. The van der Waals surface area contributed by atoms with Gasteiger partial charge in [0, 0.05) is 26.7 Å². The molecule has 1 aliphatic carbocycles. The van der Waals surface area contributed by atoms with Crippen molar-refractivity contribution in [2.75, 3.05) is 46.3 Å². The number of rotatable bonds is 4. The lowest BCUT2D eigenvalue weighted by molar-refractivity contribution is 0.281. The van der Waals surface area contributed by atoms with E-state index in [2.05, 4.69) is 20.1 Å². The van der Waals surface area contributed by atoms with Gasteiger partial charge in [0.25, 0.3) is 0 Å². The van der Waals surface area contributed by atoms with E-state index in [9.17, 15) is 0 Å². The predicted octanol–water partition coefficient (Wildman–Crippen LogP) is 3.57. The van der Waals surface area contributed by atoms with Crippen LogP contribution in [0.2, 0.25) is 0 Å². The van der Waals surface area contributed by atoms with Gasteiger partial charge in [-0.05, 0) is 63.6 Å². The van der Waals surface area contributed by atoms with Crippen LogP contribution < -0.4 is 5.32 Å². The zero-order chi connectivity index (χ0) is 15.9. The first-order valence-corrected chi connectivity index (χ1v) is 10.0. The molecule has 0 spiro atoms. The van der Waals surface area contributed by atoms with Gasteiger partial charge in [-0.3, -0.25) is 4.99 Å². The van der Waals surface area contributed by atoms with E-state index in [4.69, 9.17) is 0 Å². The fourth-order valence-electron chi connectivity index (χ4n) is 4.77. The van der Waals surface area contributed by atoms with Crippen LogP contribution in [0.1, 0.15) is 57.8 Å². The Morgan fingerprint density at radius 2 is 1.58 bits per heavy atom. The fraction of sp³-hybridized carbons (Fsp3) is 0.947. The van der Waals surface area contributed by atoms with Crippen LogP contribution in [0.25, 0.3) is 0 Å². The third-order valence-corrected chi connectivity index (χ3v) is 6.12. The zero-order valence-electron chi connectivity index (χ0n) is 15.5. The summed E-state index contributed by atoms with van der Waals surface area (Å²) in [6.07, 6.45) is 12.6. The number of nitrogens with zero attached hydrogens (tertiary/aromatic N) is 3. The summed E-state index contributed by atoms with van der Waals surface area (Å²) in [6, 6.07) is 0. The van der Waals surface area contributed by atoms with Gasteiger partial charge in [-0.25, -0.2) is 0 Å². The highest BCUT2D eigenvalue weighted by molar-refractivity contribution is 14.0. The average molecular weight is 448 g/mol. The normalized spacial score (nSPS) is 28.9. The Labute approximate surface area is 165 Å². The Bertz CT molecular complexity index is 366. The van der Waals surface area contributed by atoms with Gasteiger partial charge in [0.1, 0.15) is 0 Å². The summed E-state index contributed by atoms with van der Waals surface area (Å²) in [5, 5.41) is 3.63. The highest BCUT2D eigenvalue weighted by Gasteiger charge is 2.35. The molecule has 2 saturated heterocycles. The van der Waals surface area contributed by atoms with E-state index in [0.717, 1.165) is 24.3 Å². The van der Waals surface area contributed by atoms with E-state index >= 15 is 0 Å². The minimum absolute atomic E-state index is 0. The van der Waals surface area contributed by atoms with Gasteiger partial charge in [-0.1, -0.05) is 25.7 Å². The van der Waals surface area contributed by atoms with Gasteiger partial charge in [-0.2, -0.15) is 0 Å². The maximum Gasteiger partial charge on any atom is 0.193 e. The molecule has 24 heavy (non-hydrogen) atoms. The van der Waals surface area contributed by atoms with Gasteiger partial charge in [0.2, 0.25) is 0 Å². The second kappa shape index (κ2) is 10.8. The molecule has 4 nitrogen and oxygen atoms in total. The smallest absolute Gasteiger partial charge is 0.193 e. The second-order valence-electron chi connectivity index (χ2n) is 7.79. The molecule has 2 unspecified atom stereocenters. The molecule has 3 aliphatic rings. The second-order valence-corrected chi connectivity index (χ2v) is 7.79. The molecule has 2 heterocycles. The molecule has 0 bridgehead atoms. The van der Waals surface area contributed by atoms with Crippen molar-refractivity contribution in [3.05, 3.63) is 0 Å². The highest BCUT2D eigenvalue weighted by atomic mass is 127. The Balaban J connectivity index is 0.00000208. The molecule has 2 aliphatic heterocycles. The van der Waals surface area contributed by atoms with Crippen molar-refractivity contribution in [3.8, 4) is 0 Å². The molecule has 0 aromatic heterocycles. The lowest BCUT2D eigenvalue weighted by Crippen LogP contribution is -2.41. The van der Waals surface area contributed by atoms with Gasteiger partial charge in [0.15, 0.2) is 5.96 Å². The van der Waals surface area contributed by atoms with Crippen molar-refractivity contribution < 1.29 is 0 Å².